The van der Waals surface area contributed by atoms with Gasteiger partial charge >= 0.3 is 0 Å². The Balaban J connectivity index is 0.00000125. The van der Waals surface area contributed by atoms with Crippen molar-refractivity contribution >= 4 is 22.6 Å². The molecule has 7 nitrogen and oxygen atoms in total. The minimum Gasteiger partial charge on any atom is -0.381 e. The molecule has 0 saturated carbocycles. The van der Waals surface area contributed by atoms with E-state index in [1.165, 1.54) is 0 Å². The zero-order valence-corrected chi connectivity index (χ0v) is 19.5. The molecule has 2 saturated heterocycles. The van der Waals surface area contributed by atoms with Crippen molar-refractivity contribution in [1.29, 1.82) is 0 Å². The first kappa shape index (κ1) is 25.0. The number of hydrogen-bond acceptors (Lipinski definition) is 6. The number of rotatable bonds is 4. The molecule has 2 aromatic rings. The fraction of sp³-hybridized carbons (Fsp3) is 0.583. The summed E-state index contributed by atoms with van der Waals surface area (Å²) >= 11 is 0. The Bertz CT molecular complexity index is 878. The van der Waals surface area contributed by atoms with Crippen LogP contribution in [-0.4, -0.2) is 48.8 Å². The van der Waals surface area contributed by atoms with Gasteiger partial charge in [-0.05, 0) is 57.7 Å². The summed E-state index contributed by atoms with van der Waals surface area (Å²) in [7, 11) is 0. The zero-order valence-electron chi connectivity index (χ0n) is 19.5. The number of anilines is 1. The van der Waals surface area contributed by atoms with E-state index in [4.69, 9.17) is 15.5 Å². The number of fused-ring (bicyclic) bond motifs is 1. The lowest BCUT2D eigenvalue weighted by molar-refractivity contribution is 0.0391. The maximum absolute atomic E-state index is 12.1. The average Bonchev–Trinajstić information content (AvgIpc) is 2.75. The number of carbonyl (C=O) groups excluding carboxylic acids is 1. The fourth-order valence-electron chi connectivity index (χ4n) is 4.40. The average molecular weight is 432 g/mol. The van der Waals surface area contributed by atoms with Crippen molar-refractivity contribution in [2.45, 2.75) is 65.0 Å². The normalized spacial score (nSPS) is 18.6. The summed E-state index contributed by atoms with van der Waals surface area (Å²) in [6.45, 7) is 11.8. The third-order valence-corrected chi connectivity index (χ3v) is 6.16. The Morgan fingerprint density at radius 1 is 1.23 bits per heavy atom. The van der Waals surface area contributed by atoms with Crippen LogP contribution in [0.3, 0.4) is 0 Å². The molecular weight excluding hydrogens is 390 g/mol. The molecule has 31 heavy (non-hydrogen) atoms. The van der Waals surface area contributed by atoms with Gasteiger partial charge in [0, 0.05) is 44.7 Å². The van der Waals surface area contributed by atoms with E-state index in [9.17, 15) is 4.79 Å². The van der Waals surface area contributed by atoms with Crippen molar-refractivity contribution < 1.29 is 11.0 Å². The monoisotopic (exact) mass is 431 g/mol. The van der Waals surface area contributed by atoms with E-state index in [0.29, 0.717) is 11.6 Å². The maximum atomic E-state index is 12.1. The number of piperidine rings is 1. The molecule has 0 radical (unpaired) electrons. The second kappa shape index (κ2) is 10.9. The van der Waals surface area contributed by atoms with Crippen LogP contribution in [0.1, 0.15) is 63.8 Å². The number of primary amides is 1. The molecule has 1 aromatic heterocycles. The number of aromatic nitrogens is 1. The number of pyridine rings is 1. The highest BCUT2D eigenvalue weighted by atomic mass is 16.5. The van der Waals surface area contributed by atoms with E-state index in [0.717, 1.165) is 74.3 Å². The van der Waals surface area contributed by atoms with E-state index < -0.39 is 5.91 Å². The van der Waals surface area contributed by atoms with Crippen LogP contribution in [0.5, 0.6) is 0 Å². The Hall–Kier alpha value is -2.22. The van der Waals surface area contributed by atoms with Gasteiger partial charge in [0.05, 0.1) is 11.1 Å². The van der Waals surface area contributed by atoms with Gasteiger partial charge in [-0.1, -0.05) is 25.5 Å². The SMILES string of the molecule is CC.Cc1ccc2nc(N3CCC(NC4(C)CCOCC4)CC3)c(C(N)=O)cc2c1.N.[HH]. The van der Waals surface area contributed by atoms with E-state index in [1.54, 1.807) is 0 Å². The Morgan fingerprint density at radius 2 is 1.87 bits per heavy atom. The van der Waals surface area contributed by atoms with Gasteiger partial charge in [-0.25, -0.2) is 4.98 Å². The molecule has 3 heterocycles. The van der Waals surface area contributed by atoms with Crippen LogP contribution in [0.25, 0.3) is 10.9 Å². The molecular formula is C24H41N5O2. The van der Waals surface area contributed by atoms with Gasteiger partial charge in [-0.15, -0.1) is 0 Å². The first-order valence-electron chi connectivity index (χ1n) is 11.3. The maximum Gasteiger partial charge on any atom is 0.252 e. The molecule has 0 aliphatic carbocycles. The van der Waals surface area contributed by atoms with Crippen LogP contribution >= 0.6 is 0 Å². The number of ether oxygens (including phenoxy) is 1. The molecule has 2 aliphatic heterocycles. The van der Waals surface area contributed by atoms with Crippen LogP contribution in [0.15, 0.2) is 24.3 Å². The summed E-state index contributed by atoms with van der Waals surface area (Å²) < 4.78 is 5.51. The third-order valence-electron chi connectivity index (χ3n) is 6.16. The Kier molecular flexibility index (Phi) is 8.79. The highest BCUT2D eigenvalue weighted by Gasteiger charge is 2.32. The van der Waals surface area contributed by atoms with Crippen molar-refractivity contribution in [3.63, 3.8) is 0 Å². The van der Waals surface area contributed by atoms with Crippen LogP contribution in [0.2, 0.25) is 0 Å². The van der Waals surface area contributed by atoms with Crippen molar-refractivity contribution in [3.8, 4) is 0 Å². The van der Waals surface area contributed by atoms with Gasteiger partial charge in [0.2, 0.25) is 0 Å². The van der Waals surface area contributed by atoms with E-state index in [2.05, 4.69) is 17.1 Å². The van der Waals surface area contributed by atoms with Gasteiger partial charge in [0.15, 0.2) is 0 Å². The number of hydrogen-bond donors (Lipinski definition) is 3. The molecule has 174 valence electrons. The molecule has 2 aliphatic rings. The first-order chi connectivity index (χ1) is 14.4. The van der Waals surface area contributed by atoms with Gasteiger partial charge < -0.3 is 26.8 Å². The third kappa shape index (κ3) is 5.93. The standard InChI is InChI=1S/C22H30N4O2.C2H6.H3N.H2/c1-15-3-4-19-16(13-15)14-18(20(23)27)21(24-19)26-9-5-17(6-10-26)25-22(2)7-11-28-12-8-22;1-2;;/h3-4,13-14,17,25H,5-12H2,1-2H3,(H2,23,27);1-2H3;1H3;1H. The summed E-state index contributed by atoms with van der Waals surface area (Å²) in [5.41, 5.74) is 8.42. The Labute approximate surface area is 187 Å². The molecule has 1 amide bonds. The second-order valence-corrected chi connectivity index (χ2v) is 8.50. The van der Waals surface area contributed by atoms with Crippen LogP contribution < -0.4 is 22.1 Å². The minimum absolute atomic E-state index is 0. The molecule has 0 bridgehead atoms. The summed E-state index contributed by atoms with van der Waals surface area (Å²) in [5, 5.41) is 4.82. The summed E-state index contributed by atoms with van der Waals surface area (Å²) in [4.78, 5) is 19.1. The van der Waals surface area contributed by atoms with Gasteiger partial charge in [0.1, 0.15) is 5.82 Å². The van der Waals surface area contributed by atoms with E-state index in [1.807, 2.05) is 45.0 Å². The van der Waals surface area contributed by atoms with Gasteiger partial charge in [-0.2, -0.15) is 0 Å². The second-order valence-electron chi connectivity index (χ2n) is 8.50. The van der Waals surface area contributed by atoms with Crippen molar-refractivity contribution in [2.75, 3.05) is 31.2 Å². The minimum atomic E-state index is -0.416. The lowest BCUT2D eigenvalue weighted by Gasteiger charge is -2.41. The lowest BCUT2D eigenvalue weighted by atomic mass is 9.90. The highest BCUT2D eigenvalue weighted by Crippen LogP contribution is 2.28. The number of nitrogens with zero attached hydrogens (tertiary/aromatic N) is 2. The number of aryl methyl sites for hydroxylation is 1. The number of benzene rings is 1. The lowest BCUT2D eigenvalue weighted by Crippen LogP contribution is -2.54. The molecule has 0 unspecified atom stereocenters. The summed E-state index contributed by atoms with van der Waals surface area (Å²) in [6, 6.07) is 8.48. The van der Waals surface area contributed by atoms with E-state index >= 15 is 0 Å². The topological polar surface area (TPSA) is 115 Å². The summed E-state index contributed by atoms with van der Waals surface area (Å²) in [6.07, 6.45) is 4.18. The number of amides is 1. The number of nitrogens with one attached hydrogen (secondary N) is 1. The van der Waals surface area contributed by atoms with Crippen LogP contribution in [-0.2, 0) is 4.74 Å². The molecule has 2 fully saturated rings. The van der Waals surface area contributed by atoms with Crippen LogP contribution in [0, 0.1) is 6.92 Å². The van der Waals surface area contributed by atoms with Crippen molar-refractivity contribution in [3.05, 3.63) is 35.4 Å². The largest absolute Gasteiger partial charge is 0.381 e. The smallest absolute Gasteiger partial charge is 0.252 e. The highest BCUT2D eigenvalue weighted by molar-refractivity contribution is 6.01. The molecule has 7 heteroatoms. The zero-order chi connectivity index (χ0) is 21.7. The molecule has 0 atom stereocenters. The van der Waals surface area contributed by atoms with Gasteiger partial charge in [0.25, 0.3) is 5.91 Å². The number of nitrogens with two attached hydrogens (primary N) is 1. The fourth-order valence-corrected chi connectivity index (χ4v) is 4.40. The molecule has 4 rings (SSSR count). The molecule has 6 N–H and O–H groups in total. The van der Waals surface area contributed by atoms with Gasteiger partial charge in [-0.3, -0.25) is 4.79 Å². The van der Waals surface area contributed by atoms with Crippen molar-refractivity contribution in [2.24, 2.45) is 5.73 Å². The van der Waals surface area contributed by atoms with E-state index in [-0.39, 0.29) is 13.1 Å². The molecule has 0 spiro atoms. The predicted octanol–water partition coefficient (Wildman–Crippen LogP) is 4.20. The molecule has 1 aromatic carbocycles. The quantitative estimate of drug-likeness (QED) is 0.668. The van der Waals surface area contributed by atoms with Crippen molar-refractivity contribution in [1.82, 2.24) is 16.5 Å². The summed E-state index contributed by atoms with van der Waals surface area (Å²) in [5.74, 6) is 0.306. The predicted molar refractivity (Wildman–Crippen MR) is 130 cm³/mol. The number of carbonyl (C=O) groups is 1. The first-order valence-corrected chi connectivity index (χ1v) is 11.3. The Morgan fingerprint density at radius 3 is 2.48 bits per heavy atom. The van der Waals surface area contributed by atoms with Crippen LogP contribution in [0.4, 0.5) is 5.82 Å².